The lowest BCUT2D eigenvalue weighted by Gasteiger charge is -2.23. The molecule has 0 bridgehead atoms. The van der Waals surface area contributed by atoms with Gasteiger partial charge in [0.2, 0.25) is 0 Å². The Morgan fingerprint density at radius 2 is 2.13 bits per heavy atom. The summed E-state index contributed by atoms with van der Waals surface area (Å²) < 4.78 is 4.80. The van der Waals surface area contributed by atoms with E-state index in [9.17, 15) is 4.79 Å². The van der Waals surface area contributed by atoms with Crippen molar-refractivity contribution in [1.82, 2.24) is 10.2 Å². The van der Waals surface area contributed by atoms with Crippen molar-refractivity contribution in [2.24, 2.45) is 0 Å². The van der Waals surface area contributed by atoms with Crippen LogP contribution in [0.2, 0.25) is 0 Å². The molecule has 1 unspecified atom stereocenters. The zero-order valence-electron chi connectivity index (χ0n) is 10.4. The number of ether oxygens (including phenoxy) is 1. The van der Waals surface area contributed by atoms with Crippen molar-refractivity contribution in [2.75, 3.05) is 33.3 Å². The van der Waals surface area contributed by atoms with E-state index in [4.69, 9.17) is 4.74 Å². The molecule has 4 nitrogen and oxygen atoms in total. The van der Waals surface area contributed by atoms with Gasteiger partial charge in [0.1, 0.15) is 0 Å². The Bertz CT molecular complexity index is 174. The van der Waals surface area contributed by atoms with Gasteiger partial charge in [0.25, 0.3) is 0 Å². The fourth-order valence-electron chi connectivity index (χ4n) is 1.19. The first-order valence-corrected chi connectivity index (χ1v) is 5.68. The molecule has 0 aromatic heterocycles. The van der Waals surface area contributed by atoms with E-state index in [1.54, 1.807) is 0 Å². The molecule has 4 heteroatoms. The van der Waals surface area contributed by atoms with Crippen molar-refractivity contribution in [2.45, 2.75) is 33.2 Å². The van der Waals surface area contributed by atoms with Crippen molar-refractivity contribution in [1.29, 1.82) is 0 Å². The summed E-state index contributed by atoms with van der Waals surface area (Å²) in [6.07, 6.45) is 1.15. The van der Waals surface area contributed by atoms with Crippen molar-refractivity contribution < 1.29 is 9.53 Å². The van der Waals surface area contributed by atoms with Crippen LogP contribution in [0, 0.1) is 0 Å². The minimum Gasteiger partial charge on any atom is -0.465 e. The van der Waals surface area contributed by atoms with Crippen LogP contribution in [0.25, 0.3) is 0 Å². The predicted molar refractivity (Wildman–Crippen MR) is 61.9 cm³/mol. The Balaban J connectivity index is 3.41. The normalized spacial score (nSPS) is 12.9. The van der Waals surface area contributed by atoms with Crippen LogP contribution in [-0.2, 0) is 9.53 Å². The summed E-state index contributed by atoms with van der Waals surface area (Å²) in [7, 11) is 2.10. The Morgan fingerprint density at radius 3 is 2.67 bits per heavy atom. The maximum Gasteiger partial charge on any atom is 0.319 e. The Kier molecular flexibility index (Phi) is 8.33. The molecule has 0 aliphatic heterocycles. The molecular weight excluding hydrogens is 192 g/mol. The quantitative estimate of drug-likeness (QED) is 0.483. The molecule has 0 amide bonds. The fourth-order valence-corrected chi connectivity index (χ4v) is 1.19. The average molecular weight is 216 g/mol. The maximum atomic E-state index is 11.0. The molecule has 15 heavy (non-hydrogen) atoms. The molecule has 1 atom stereocenters. The molecule has 0 aromatic carbocycles. The molecule has 0 radical (unpaired) electrons. The zero-order chi connectivity index (χ0) is 11.7. The van der Waals surface area contributed by atoms with Crippen LogP contribution >= 0.6 is 0 Å². The monoisotopic (exact) mass is 216 g/mol. The molecule has 0 aliphatic carbocycles. The van der Waals surface area contributed by atoms with Gasteiger partial charge >= 0.3 is 5.97 Å². The zero-order valence-corrected chi connectivity index (χ0v) is 10.4. The first-order valence-electron chi connectivity index (χ1n) is 5.68. The molecule has 0 fully saturated rings. The van der Waals surface area contributed by atoms with Crippen LogP contribution in [0.4, 0.5) is 0 Å². The number of hydrogen-bond acceptors (Lipinski definition) is 4. The second kappa shape index (κ2) is 8.68. The summed E-state index contributed by atoms with van der Waals surface area (Å²) in [4.78, 5) is 13.3. The summed E-state index contributed by atoms with van der Waals surface area (Å²) >= 11 is 0. The second-order valence-corrected chi connectivity index (χ2v) is 3.72. The average Bonchev–Trinajstić information content (AvgIpc) is 2.23. The summed E-state index contributed by atoms with van der Waals surface area (Å²) in [5.74, 6) is -0.177. The van der Waals surface area contributed by atoms with Gasteiger partial charge < -0.3 is 15.0 Å². The van der Waals surface area contributed by atoms with Gasteiger partial charge in [-0.05, 0) is 27.3 Å². The van der Waals surface area contributed by atoms with Gasteiger partial charge in [-0.1, -0.05) is 6.92 Å². The topological polar surface area (TPSA) is 41.6 Å². The van der Waals surface area contributed by atoms with Crippen molar-refractivity contribution in [3.63, 3.8) is 0 Å². The number of nitrogens with one attached hydrogen (secondary N) is 1. The van der Waals surface area contributed by atoms with E-state index in [0.717, 1.165) is 19.5 Å². The van der Waals surface area contributed by atoms with Crippen LogP contribution in [0.5, 0.6) is 0 Å². The minimum atomic E-state index is -0.177. The van der Waals surface area contributed by atoms with Crippen LogP contribution in [-0.4, -0.2) is 50.2 Å². The van der Waals surface area contributed by atoms with Crippen LogP contribution < -0.4 is 5.32 Å². The molecule has 0 aromatic rings. The largest absolute Gasteiger partial charge is 0.465 e. The number of carbonyl (C=O) groups is 1. The maximum absolute atomic E-state index is 11.0. The molecule has 0 saturated heterocycles. The SMILES string of the molecule is CCOC(=O)CNCCN(C)C(C)CC. The van der Waals surface area contributed by atoms with E-state index in [-0.39, 0.29) is 5.97 Å². The molecular formula is C11H24N2O2. The molecule has 0 rings (SSSR count). The van der Waals surface area contributed by atoms with E-state index in [2.05, 4.69) is 31.1 Å². The highest BCUT2D eigenvalue weighted by Gasteiger charge is 2.06. The van der Waals surface area contributed by atoms with Gasteiger partial charge in [-0.3, -0.25) is 4.79 Å². The molecule has 0 aliphatic rings. The van der Waals surface area contributed by atoms with Gasteiger partial charge in [-0.2, -0.15) is 0 Å². The molecule has 0 heterocycles. The van der Waals surface area contributed by atoms with E-state index >= 15 is 0 Å². The predicted octanol–water partition coefficient (Wildman–Crippen LogP) is 0.869. The Morgan fingerprint density at radius 1 is 1.47 bits per heavy atom. The summed E-state index contributed by atoms with van der Waals surface area (Å²) in [5, 5.41) is 3.06. The van der Waals surface area contributed by atoms with E-state index in [1.165, 1.54) is 0 Å². The number of hydrogen-bond donors (Lipinski definition) is 1. The lowest BCUT2D eigenvalue weighted by Crippen LogP contribution is -2.36. The summed E-state index contributed by atoms with van der Waals surface area (Å²) in [6.45, 7) is 8.72. The lowest BCUT2D eigenvalue weighted by molar-refractivity contribution is -0.142. The molecule has 1 N–H and O–H groups in total. The minimum absolute atomic E-state index is 0.177. The molecule has 0 spiro atoms. The van der Waals surface area contributed by atoms with E-state index < -0.39 is 0 Å². The third kappa shape index (κ3) is 7.33. The van der Waals surface area contributed by atoms with Crippen molar-refractivity contribution in [3.05, 3.63) is 0 Å². The fraction of sp³-hybridized carbons (Fsp3) is 0.909. The van der Waals surface area contributed by atoms with Crippen LogP contribution in [0.1, 0.15) is 27.2 Å². The number of likely N-dealkylation sites (N-methyl/N-ethyl adjacent to an activating group) is 1. The smallest absolute Gasteiger partial charge is 0.319 e. The standard InChI is InChI=1S/C11H24N2O2/c1-5-10(3)13(4)8-7-12-9-11(14)15-6-2/h10,12H,5-9H2,1-4H3. The van der Waals surface area contributed by atoms with Crippen molar-refractivity contribution in [3.8, 4) is 0 Å². The summed E-state index contributed by atoms with van der Waals surface area (Å²) in [6, 6.07) is 0.592. The van der Waals surface area contributed by atoms with Gasteiger partial charge in [-0.15, -0.1) is 0 Å². The number of esters is 1. The highest BCUT2D eigenvalue weighted by Crippen LogP contribution is 1.97. The van der Waals surface area contributed by atoms with Gasteiger partial charge in [0, 0.05) is 19.1 Å². The Labute approximate surface area is 93.0 Å². The molecule has 0 saturated carbocycles. The lowest BCUT2D eigenvalue weighted by atomic mass is 10.2. The van der Waals surface area contributed by atoms with Gasteiger partial charge in [-0.25, -0.2) is 0 Å². The molecule has 90 valence electrons. The van der Waals surface area contributed by atoms with E-state index in [1.807, 2.05) is 6.92 Å². The van der Waals surface area contributed by atoms with Gasteiger partial charge in [0.05, 0.1) is 13.2 Å². The van der Waals surface area contributed by atoms with Crippen LogP contribution in [0.15, 0.2) is 0 Å². The second-order valence-electron chi connectivity index (χ2n) is 3.72. The van der Waals surface area contributed by atoms with Crippen molar-refractivity contribution >= 4 is 5.97 Å². The van der Waals surface area contributed by atoms with Crippen LogP contribution in [0.3, 0.4) is 0 Å². The first kappa shape index (κ1) is 14.4. The van der Waals surface area contributed by atoms with Gasteiger partial charge in [0.15, 0.2) is 0 Å². The Hall–Kier alpha value is -0.610. The number of rotatable bonds is 8. The number of carbonyl (C=O) groups excluding carboxylic acids is 1. The first-order chi connectivity index (χ1) is 7.11. The third-order valence-corrected chi connectivity index (χ3v) is 2.56. The highest BCUT2D eigenvalue weighted by molar-refractivity contribution is 5.71. The number of nitrogens with zero attached hydrogens (tertiary/aromatic N) is 1. The third-order valence-electron chi connectivity index (χ3n) is 2.56. The van der Waals surface area contributed by atoms with E-state index in [0.29, 0.717) is 19.2 Å². The summed E-state index contributed by atoms with van der Waals surface area (Å²) in [5.41, 5.74) is 0. The highest BCUT2D eigenvalue weighted by atomic mass is 16.5.